The van der Waals surface area contributed by atoms with Crippen LogP contribution in [-0.2, 0) is 4.79 Å². The Hall–Kier alpha value is -1.06. The van der Waals surface area contributed by atoms with E-state index >= 15 is 0 Å². The molecule has 2 atom stereocenters. The topological polar surface area (TPSA) is 41.1 Å². The average molecular weight is 253 g/mol. The summed E-state index contributed by atoms with van der Waals surface area (Å²) in [5.74, 6) is 0.00431. The average Bonchev–Trinajstić information content (AvgIpc) is 2.32. The fourth-order valence-corrected chi connectivity index (χ4v) is 2.31. The minimum Gasteiger partial charge on any atom is -0.323 e. The van der Waals surface area contributed by atoms with Gasteiger partial charge in [-0.2, -0.15) is 0 Å². The number of carbonyl (C=O) groups excluding carboxylic acids is 1. The third-order valence-corrected chi connectivity index (χ3v) is 3.39. The van der Waals surface area contributed by atoms with Crippen LogP contribution in [-0.4, -0.2) is 18.0 Å². The Morgan fingerprint density at radius 1 is 1.41 bits per heavy atom. The van der Waals surface area contributed by atoms with Gasteiger partial charge in [-0.3, -0.25) is 4.79 Å². The Bertz CT molecular complexity index is 408. The summed E-state index contributed by atoms with van der Waals surface area (Å²) in [7, 11) is 0. The molecule has 0 spiro atoms. The Labute approximate surface area is 107 Å². The maximum absolute atomic E-state index is 12.0. The summed E-state index contributed by atoms with van der Waals surface area (Å²) >= 11 is 6.00. The molecule has 1 aromatic carbocycles. The minimum atomic E-state index is -0.102. The van der Waals surface area contributed by atoms with Gasteiger partial charge in [0.25, 0.3) is 0 Å². The standard InChI is InChI=1S/C13H17ClN2O/c1-9-5-4-8-12(15-9)13(17)16-11-7-3-2-6-10(11)14/h2-3,6-7,9,12,15H,4-5,8H2,1H3,(H,16,17). The van der Waals surface area contributed by atoms with Crippen LogP contribution in [0.1, 0.15) is 26.2 Å². The van der Waals surface area contributed by atoms with Crippen LogP contribution in [0.4, 0.5) is 5.69 Å². The number of nitrogens with one attached hydrogen (secondary N) is 2. The van der Waals surface area contributed by atoms with Gasteiger partial charge in [0.15, 0.2) is 0 Å². The van der Waals surface area contributed by atoms with Crippen LogP contribution in [0.5, 0.6) is 0 Å². The molecule has 17 heavy (non-hydrogen) atoms. The molecule has 0 aliphatic carbocycles. The fourth-order valence-electron chi connectivity index (χ4n) is 2.13. The van der Waals surface area contributed by atoms with Gasteiger partial charge in [0.05, 0.1) is 16.8 Å². The Morgan fingerprint density at radius 2 is 2.18 bits per heavy atom. The normalized spacial score (nSPS) is 24.4. The Balaban J connectivity index is 1.99. The van der Waals surface area contributed by atoms with Crippen LogP contribution in [0.25, 0.3) is 0 Å². The van der Waals surface area contributed by atoms with E-state index < -0.39 is 0 Å². The summed E-state index contributed by atoms with van der Waals surface area (Å²) in [5.41, 5.74) is 0.680. The summed E-state index contributed by atoms with van der Waals surface area (Å²) in [6, 6.07) is 7.60. The quantitative estimate of drug-likeness (QED) is 0.850. The molecule has 1 amide bonds. The number of hydrogen-bond acceptors (Lipinski definition) is 2. The molecule has 2 rings (SSSR count). The van der Waals surface area contributed by atoms with E-state index in [1.807, 2.05) is 18.2 Å². The molecule has 0 radical (unpaired) electrons. The summed E-state index contributed by atoms with van der Waals surface area (Å²) in [6.45, 7) is 2.11. The lowest BCUT2D eigenvalue weighted by molar-refractivity contribution is -0.118. The number of amides is 1. The van der Waals surface area contributed by atoms with Crippen molar-refractivity contribution < 1.29 is 4.79 Å². The summed E-state index contributed by atoms with van der Waals surface area (Å²) in [4.78, 5) is 12.0. The van der Waals surface area contributed by atoms with Gasteiger partial charge in [0.1, 0.15) is 0 Å². The molecule has 1 aliphatic rings. The number of hydrogen-bond donors (Lipinski definition) is 2. The zero-order valence-electron chi connectivity index (χ0n) is 9.87. The van der Waals surface area contributed by atoms with Crippen molar-refractivity contribution in [2.75, 3.05) is 5.32 Å². The SMILES string of the molecule is CC1CCCC(C(=O)Nc2ccccc2Cl)N1. The second kappa shape index (κ2) is 5.52. The minimum absolute atomic E-state index is 0.00431. The first kappa shape index (κ1) is 12.4. The molecule has 1 saturated heterocycles. The van der Waals surface area contributed by atoms with Crippen molar-refractivity contribution in [2.45, 2.75) is 38.3 Å². The van der Waals surface area contributed by atoms with Crippen LogP contribution in [0.2, 0.25) is 5.02 Å². The van der Waals surface area contributed by atoms with E-state index in [9.17, 15) is 4.79 Å². The highest BCUT2D eigenvalue weighted by atomic mass is 35.5. The second-order valence-electron chi connectivity index (χ2n) is 4.52. The number of rotatable bonds is 2. The number of anilines is 1. The van der Waals surface area contributed by atoms with Gasteiger partial charge in [-0.15, -0.1) is 0 Å². The number of halogens is 1. The lowest BCUT2D eigenvalue weighted by atomic mass is 9.99. The number of benzene rings is 1. The Morgan fingerprint density at radius 3 is 2.88 bits per heavy atom. The first-order chi connectivity index (χ1) is 8.16. The van der Waals surface area contributed by atoms with Crippen molar-refractivity contribution in [3.8, 4) is 0 Å². The van der Waals surface area contributed by atoms with Gasteiger partial charge >= 0.3 is 0 Å². The van der Waals surface area contributed by atoms with Gasteiger partial charge in [0.2, 0.25) is 5.91 Å². The van der Waals surface area contributed by atoms with Gasteiger partial charge < -0.3 is 10.6 Å². The van der Waals surface area contributed by atoms with E-state index in [-0.39, 0.29) is 11.9 Å². The van der Waals surface area contributed by atoms with E-state index in [0.29, 0.717) is 16.8 Å². The van der Waals surface area contributed by atoms with Crippen molar-refractivity contribution in [2.24, 2.45) is 0 Å². The molecule has 0 aromatic heterocycles. The monoisotopic (exact) mass is 252 g/mol. The molecule has 1 fully saturated rings. The number of piperidine rings is 1. The van der Waals surface area contributed by atoms with Crippen LogP contribution in [0.15, 0.2) is 24.3 Å². The largest absolute Gasteiger partial charge is 0.323 e. The van der Waals surface area contributed by atoms with E-state index in [1.165, 1.54) is 0 Å². The van der Waals surface area contributed by atoms with Crippen LogP contribution in [0, 0.1) is 0 Å². The molecule has 2 unspecified atom stereocenters. The predicted molar refractivity (Wildman–Crippen MR) is 70.3 cm³/mol. The maximum Gasteiger partial charge on any atom is 0.241 e. The summed E-state index contributed by atoms with van der Waals surface area (Å²) in [6.07, 6.45) is 3.12. The maximum atomic E-state index is 12.0. The highest BCUT2D eigenvalue weighted by molar-refractivity contribution is 6.33. The van der Waals surface area contributed by atoms with Crippen LogP contribution in [0.3, 0.4) is 0 Å². The van der Waals surface area contributed by atoms with Gasteiger partial charge in [-0.1, -0.05) is 23.7 Å². The van der Waals surface area contributed by atoms with Crippen molar-refractivity contribution in [1.29, 1.82) is 0 Å². The van der Waals surface area contributed by atoms with Crippen molar-refractivity contribution in [3.05, 3.63) is 29.3 Å². The second-order valence-corrected chi connectivity index (χ2v) is 4.93. The van der Waals surface area contributed by atoms with Gasteiger partial charge in [-0.05, 0) is 38.3 Å². The molecule has 2 N–H and O–H groups in total. The molecule has 0 bridgehead atoms. The lowest BCUT2D eigenvalue weighted by Crippen LogP contribution is -2.47. The molecule has 1 aromatic rings. The molecule has 92 valence electrons. The van der Waals surface area contributed by atoms with E-state index in [0.717, 1.165) is 19.3 Å². The van der Waals surface area contributed by atoms with Crippen LogP contribution >= 0.6 is 11.6 Å². The molecule has 1 aliphatic heterocycles. The first-order valence-corrected chi connectivity index (χ1v) is 6.36. The zero-order valence-corrected chi connectivity index (χ0v) is 10.6. The third kappa shape index (κ3) is 3.20. The summed E-state index contributed by atoms with van der Waals surface area (Å²) in [5, 5.41) is 6.74. The Kier molecular flexibility index (Phi) is 4.02. The van der Waals surface area contributed by atoms with Crippen molar-refractivity contribution >= 4 is 23.2 Å². The van der Waals surface area contributed by atoms with E-state index in [4.69, 9.17) is 11.6 Å². The third-order valence-electron chi connectivity index (χ3n) is 3.06. The molecule has 3 nitrogen and oxygen atoms in total. The molecule has 1 heterocycles. The summed E-state index contributed by atoms with van der Waals surface area (Å²) < 4.78 is 0. The van der Waals surface area contributed by atoms with Crippen LogP contribution < -0.4 is 10.6 Å². The fraction of sp³-hybridized carbons (Fsp3) is 0.462. The zero-order chi connectivity index (χ0) is 12.3. The highest BCUT2D eigenvalue weighted by Gasteiger charge is 2.24. The lowest BCUT2D eigenvalue weighted by Gasteiger charge is -2.27. The highest BCUT2D eigenvalue weighted by Crippen LogP contribution is 2.21. The van der Waals surface area contributed by atoms with E-state index in [1.54, 1.807) is 6.07 Å². The number of para-hydroxylation sites is 1. The van der Waals surface area contributed by atoms with Gasteiger partial charge in [-0.25, -0.2) is 0 Å². The van der Waals surface area contributed by atoms with Gasteiger partial charge in [0, 0.05) is 6.04 Å². The predicted octanol–water partition coefficient (Wildman–Crippen LogP) is 2.81. The molecule has 4 heteroatoms. The first-order valence-electron chi connectivity index (χ1n) is 5.98. The molecular weight excluding hydrogens is 236 g/mol. The van der Waals surface area contributed by atoms with E-state index in [2.05, 4.69) is 17.6 Å². The van der Waals surface area contributed by atoms with Crippen molar-refractivity contribution in [3.63, 3.8) is 0 Å². The van der Waals surface area contributed by atoms with Crippen molar-refractivity contribution in [1.82, 2.24) is 5.32 Å². The number of carbonyl (C=O) groups is 1. The molecular formula is C13H17ClN2O. The smallest absolute Gasteiger partial charge is 0.241 e. The molecule has 0 saturated carbocycles.